The smallest absolute Gasteiger partial charge is 0.288 e. The van der Waals surface area contributed by atoms with Crippen LogP contribution in [0.25, 0.3) is 0 Å². The Labute approximate surface area is 112 Å². The van der Waals surface area contributed by atoms with E-state index in [4.69, 9.17) is 0 Å². The Hall–Kier alpha value is -1.41. The van der Waals surface area contributed by atoms with Gasteiger partial charge in [0.05, 0.1) is 17.0 Å². The summed E-state index contributed by atoms with van der Waals surface area (Å²) in [6, 6.07) is 0. The minimum atomic E-state index is -0.247. The fourth-order valence-electron chi connectivity index (χ4n) is 1.43. The van der Waals surface area contributed by atoms with Gasteiger partial charge in [-0.25, -0.2) is 4.98 Å². The molecule has 2 rings (SSSR count). The third-order valence-electron chi connectivity index (χ3n) is 2.31. The average molecular weight is 285 g/mol. The Morgan fingerprint density at radius 2 is 2.33 bits per heavy atom. The third kappa shape index (κ3) is 2.88. The summed E-state index contributed by atoms with van der Waals surface area (Å²) in [5.41, 5.74) is 0. The Balaban J connectivity index is 1.80. The molecule has 0 aromatic carbocycles. The van der Waals surface area contributed by atoms with Crippen molar-refractivity contribution in [1.82, 2.24) is 15.2 Å². The van der Waals surface area contributed by atoms with Crippen molar-refractivity contribution in [1.29, 1.82) is 0 Å². The van der Waals surface area contributed by atoms with Crippen molar-refractivity contribution in [3.63, 3.8) is 0 Å². The lowest BCUT2D eigenvalue weighted by molar-refractivity contribution is -0.124. The van der Waals surface area contributed by atoms with Gasteiger partial charge in [0.25, 0.3) is 11.1 Å². The van der Waals surface area contributed by atoms with E-state index in [0.29, 0.717) is 4.88 Å². The molecule has 0 spiro atoms. The number of hydrogen-bond acceptors (Lipinski definition) is 6. The number of thiazole rings is 1. The Morgan fingerprint density at radius 1 is 1.56 bits per heavy atom. The normalized spacial score (nSPS) is 15.3. The van der Waals surface area contributed by atoms with Crippen LogP contribution >= 0.6 is 23.1 Å². The second-order valence-electron chi connectivity index (χ2n) is 3.60. The van der Waals surface area contributed by atoms with Crippen molar-refractivity contribution in [3.8, 4) is 0 Å². The summed E-state index contributed by atoms with van der Waals surface area (Å²) in [7, 11) is 0. The van der Waals surface area contributed by atoms with E-state index in [1.54, 1.807) is 0 Å². The molecule has 0 unspecified atom stereocenters. The van der Waals surface area contributed by atoms with E-state index in [-0.39, 0.29) is 35.9 Å². The maximum Gasteiger partial charge on any atom is 0.288 e. The van der Waals surface area contributed by atoms with Crippen LogP contribution in [0.1, 0.15) is 14.7 Å². The zero-order chi connectivity index (χ0) is 13.1. The molecular formula is C10H11N3O3S2. The molecule has 0 atom stereocenters. The summed E-state index contributed by atoms with van der Waals surface area (Å²) in [5, 5.41) is 3.23. The Bertz CT molecular complexity index is 484. The number of nitrogens with zero attached hydrogens (tertiary/aromatic N) is 2. The highest BCUT2D eigenvalue weighted by Crippen LogP contribution is 2.17. The van der Waals surface area contributed by atoms with E-state index in [1.165, 1.54) is 17.5 Å². The van der Waals surface area contributed by atoms with E-state index in [1.807, 2.05) is 6.92 Å². The first-order valence-electron chi connectivity index (χ1n) is 5.25. The van der Waals surface area contributed by atoms with Crippen molar-refractivity contribution in [3.05, 3.63) is 16.1 Å². The number of carbonyl (C=O) groups excluding carboxylic acids is 3. The molecule has 6 nitrogen and oxygen atoms in total. The summed E-state index contributed by atoms with van der Waals surface area (Å²) in [5.74, 6) is -0.235. The van der Waals surface area contributed by atoms with Crippen molar-refractivity contribution in [2.24, 2.45) is 0 Å². The van der Waals surface area contributed by atoms with E-state index in [0.717, 1.165) is 21.7 Å². The molecule has 8 heteroatoms. The molecule has 2 heterocycles. The number of imide groups is 1. The van der Waals surface area contributed by atoms with Crippen LogP contribution in [0.5, 0.6) is 0 Å². The second-order valence-corrected chi connectivity index (χ2v) is 5.76. The van der Waals surface area contributed by atoms with Crippen molar-refractivity contribution in [2.45, 2.75) is 6.92 Å². The topological polar surface area (TPSA) is 79.4 Å². The lowest BCUT2D eigenvalue weighted by atomic mass is 10.4. The summed E-state index contributed by atoms with van der Waals surface area (Å²) in [4.78, 5) is 39.9. The highest BCUT2D eigenvalue weighted by atomic mass is 32.2. The highest BCUT2D eigenvalue weighted by molar-refractivity contribution is 8.14. The molecule has 96 valence electrons. The lowest BCUT2D eigenvalue weighted by Gasteiger charge is -2.12. The van der Waals surface area contributed by atoms with E-state index < -0.39 is 0 Å². The van der Waals surface area contributed by atoms with Gasteiger partial charge < -0.3 is 5.32 Å². The predicted molar refractivity (Wildman–Crippen MR) is 68.8 cm³/mol. The van der Waals surface area contributed by atoms with Crippen molar-refractivity contribution < 1.29 is 14.4 Å². The van der Waals surface area contributed by atoms with Crippen LogP contribution in [0.4, 0.5) is 4.79 Å². The van der Waals surface area contributed by atoms with E-state index in [2.05, 4.69) is 10.3 Å². The maximum atomic E-state index is 11.7. The van der Waals surface area contributed by atoms with Gasteiger partial charge in [0.1, 0.15) is 4.88 Å². The molecule has 1 aliphatic rings. The fourth-order valence-corrected chi connectivity index (χ4v) is 2.88. The summed E-state index contributed by atoms with van der Waals surface area (Å²) in [6.45, 7) is 2.29. The van der Waals surface area contributed by atoms with Crippen LogP contribution in [0.3, 0.4) is 0 Å². The van der Waals surface area contributed by atoms with Crippen molar-refractivity contribution in [2.75, 3.05) is 18.8 Å². The summed E-state index contributed by atoms with van der Waals surface area (Å²) < 4.78 is 0. The van der Waals surface area contributed by atoms with Gasteiger partial charge in [-0.2, -0.15) is 0 Å². The van der Waals surface area contributed by atoms with Crippen LogP contribution in [-0.4, -0.2) is 45.8 Å². The predicted octanol–water partition coefficient (Wildman–Crippen LogP) is 0.877. The molecule has 1 aromatic heterocycles. The Kier molecular flexibility index (Phi) is 3.97. The van der Waals surface area contributed by atoms with Crippen LogP contribution in [0, 0.1) is 6.92 Å². The third-order valence-corrected chi connectivity index (χ3v) is 4.08. The number of rotatable bonds is 4. The molecule has 0 bridgehead atoms. The summed E-state index contributed by atoms with van der Waals surface area (Å²) in [6.07, 6.45) is 1.51. The minimum Gasteiger partial charge on any atom is -0.349 e. The Morgan fingerprint density at radius 3 is 2.89 bits per heavy atom. The van der Waals surface area contributed by atoms with Crippen LogP contribution in [0.15, 0.2) is 6.20 Å². The molecule has 1 aromatic rings. The standard InChI is InChI=1S/C10H11N3O3S2/c1-6-12-4-7(18-6)9(15)11-2-3-13-8(14)5-17-10(13)16/h4H,2-3,5H2,1H3,(H,11,15). The van der Waals surface area contributed by atoms with Crippen LogP contribution in [-0.2, 0) is 4.79 Å². The van der Waals surface area contributed by atoms with Gasteiger partial charge >= 0.3 is 0 Å². The number of thioether (sulfide) groups is 1. The average Bonchev–Trinajstić information content (AvgIpc) is 2.89. The molecule has 3 amide bonds. The quantitative estimate of drug-likeness (QED) is 0.888. The molecular weight excluding hydrogens is 274 g/mol. The monoisotopic (exact) mass is 285 g/mol. The summed E-state index contributed by atoms with van der Waals surface area (Å²) >= 11 is 2.29. The highest BCUT2D eigenvalue weighted by Gasteiger charge is 2.29. The van der Waals surface area contributed by atoms with Crippen LogP contribution < -0.4 is 5.32 Å². The van der Waals surface area contributed by atoms with Gasteiger partial charge in [-0.05, 0) is 6.92 Å². The van der Waals surface area contributed by atoms with E-state index >= 15 is 0 Å². The van der Waals surface area contributed by atoms with E-state index in [9.17, 15) is 14.4 Å². The second kappa shape index (κ2) is 5.49. The van der Waals surface area contributed by atoms with Gasteiger partial charge in [-0.3, -0.25) is 19.3 Å². The SMILES string of the molecule is Cc1ncc(C(=O)NCCN2C(=O)CSC2=O)s1. The first-order valence-corrected chi connectivity index (χ1v) is 7.06. The first kappa shape index (κ1) is 13.0. The van der Waals surface area contributed by atoms with Gasteiger partial charge in [0.2, 0.25) is 5.91 Å². The minimum absolute atomic E-state index is 0.195. The molecule has 1 saturated heterocycles. The fraction of sp³-hybridized carbons (Fsp3) is 0.400. The molecule has 0 saturated carbocycles. The molecule has 0 aliphatic carbocycles. The first-order chi connectivity index (χ1) is 8.58. The maximum absolute atomic E-state index is 11.7. The number of aromatic nitrogens is 1. The van der Waals surface area contributed by atoms with Gasteiger partial charge in [0, 0.05) is 13.1 Å². The van der Waals surface area contributed by atoms with Gasteiger partial charge in [-0.1, -0.05) is 11.8 Å². The van der Waals surface area contributed by atoms with Gasteiger partial charge in [-0.15, -0.1) is 11.3 Å². The molecule has 0 radical (unpaired) electrons. The van der Waals surface area contributed by atoms with Gasteiger partial charge in [0.15, 0.2) is 0 Å². The number of nitrogens with one attached hydrogen (secondary N) is 1. The van der Waals surface area contributed by atoms with Crippen LogP contribution in [0.2, 0.25) is 0 Å². The molecule has 1 N–H and O–H groups in total. The number of amides is 3. The zero-order valence-corrected chi connectivity index (χ0v) is 11.3. The number of hydrogen-bond donors (Lipinski definition) is 1. The lowest BCUT2D eigenvalue weighted by Crippen LogP contribution is -2.37. The number of carbonyl (C=O) groups is 3. The molecule has 18 heavy (non-hydrogen) atoms. The largest absolute Gasteiger partial charge is 0.349 e. The van der Waals surface area contributed by atoms with Crippen molar-refractivity contribution >= 4 is 40.2 Å². The molecule has 1 fully saturated rings. The zero-order valence-electron chi connectivity index (χ0n) is 9.63. The molecule has 1 aliphatic heterocycles. The number of aryl methyl sites for hydroxylation is 1.